The highest BCUT2D eigenvalue weighted by atomic mass is 19.1. The number of nitro benzene ring substituents is 1. The van der Waals surface area contributed by atoms with E-state index in [4.69, 9.17) is 10.6 Å². The van der Waals surface area contributed by atoms with Crippen molar-refractivity contribution in [2.24, 2.45) is 5.84 Å². The first-order valence-electron chi connectivity index (χ1n) is 5.90. The first-order chi connectivity index (χ1) is 10.0. The summed E-state index contributed by atoms with van der Waals surface area (Å²) < 4.78 is 18.7. The third kappa shape index (κ3) is 3.37. The first kappa shape index (κ1) is 14.5. The fourth-order valence-electron chi connectivity index (χ4n) is 1.75. The number of nitrogens with one attached hydrogen (secondary N) is 2. The minimum absolute atomic E-state index is 0.137. The Morgan fingerprint density at radius 3 is 2.57 bits per heavy atom. The summed E-state index contributed by atoms with van der Waals surface area (Å²) in [6, 6.07) is 8.23. The third-order valence-corrected chi connectivity index (χ3v) is 2.75. The molecule has 8 heteroatoms. The number of benzene rings is 2. The molecule has 4 N–H and O–H groups in total. The van der Waals surface area contributed by atoms with Gasteiger partial charge in [-0.1, -0.05) is 0 Å². The number of anilines is 3. The Balaban J connectivity index is 2.39. The van der Waals surface area contributed by atoms with Gasteiger partial charge in [-0.3, -0.25) is 16.0 Å². The fraction of sp³-hybridized carbons (Fsp3) is 0.0769. The van der Waals surface area contributed by atoms with Crippen LogP contribution >= 0.6 is 0 Å². The van der Waals surface area contributed by atoms with E-state index < -0.39 is 10.7 Å². The van der Waals surface area contributed by atoms with E-state index in [1.807, 2.05) is 0 Å². The van der Waals surface area contributed by atoms with Crippen LogP contribution in [-0.2, 0) is 0 Å². The molecule has 0 radical (unpaired) electrons. The number of hydrogen-bond donors (Lipinski definition) is 3. The van der Waals surface area contributed by atoms with Crippen LogP contribution in [0.15, 0.2) is 36.4 Å². The van der Waals surface area contributed by atoms with E-state index in [0.717, 1.165) is 0 Å². The summed E-state index contributed by atoms with van der Waals surface area (Å²) in [5.41, 5.74) is 2.94. The van der Waals surface area contributed by atoms with Crippen molar-refractivity contribution < 1.29 is 14.1 Å². The van der Waals surface area contributed by atoms with Crippen LogP contribution in [0.5, 0.6) is 5.75 Å². The Morgan fingerprint density at radius 2 is 1.95 bits per heavy atom. The van der Waals surface area contributed by atoms with Gasteiger partial charge in [0.2, 0.25) is 0 Å². The van der Waals surface area contributed by atoms with Crippen molar-refractivity contribution in [3.8, 4) is 5.75 Å². The van der Waals surface area contributed by atoms with E-state index in [-0.39, 0.29) is 11.4 Å². The minimum Gasteiger partial charge on any atom is -0.497 e. The lowest BCUT2D eigenvalue weighted by Crippen LogP contribution is -2.07. The van der Waals surface area contributed by atoms with Crippen molar-refractivity contribution in [3.05, 3.63) is 52.3 Å². The van der Waals surface area contributed by atoms with Gasteiger partial charge >= 0.3 is 0 Å². The molecule has 0 spiro atoms. The summed E-state index contributed by atoms with van der Waals surface area (Å²) in [5.74, 6) is 5.21. The normalized spacial score (nSPS) is 10.0. The van der Waals surface area contributed by atoms with Gasteiger partial charge in [-0.05, 0) is 18.2 Å². The monoisotopic (exact) mass is 292 g/mol. The number of halogens is 1. The molecular weight excluding hydrogens is 279 g/mol. The molecule has 0 aliphatic rings. The number of non-ortho nitro benzene ring substituents is 1. The van der Waals surface area contributed by atoms with E-state index >= 15 is 0 Å². The number of nitrogens with zero attached hydrogens (tertiary/aromatic N) is 1. The SMILES string of the molecule is COc1ccc(F)c(Nc2cc(NN)cc([N+](=O)[O-])c2)c1. The van der Waals surface area contributed by atoms with Crippen LogP contribution in [-0.4, -0.2) is 12.0 Å². The highest BCUT2D eigenvalue weighted by Gasteiger charge is 2.11. The van der Waals surface area contributed by atoms with Crippen LogP contribution in [0.1, 0.15) is 0 Å². The number of nitro groups is 1. The number of rotatable bonds is 5. The molecule has 0 fully saturated rings. The predicted molar refractivity (Wildman–Crippen MR) is 77.1 cm³/mol. The Labute approximate surface area is 119 Å². The van der Waals surface area contributed by atoms with Crippen molar-refractivity contribution in [3.63, 3.8) is 0 Å². The largest absolute Gasteiger partial charge is 0.497 e. The van der Waals surface area contributed by atoms with E-state index in [9.17, 15) is 14.5 Å². The number of hydrazine groups is 1. The zero-order valence-electron chi connectivity index (χ0n) is 11.1. The van der Waals surface area contributed by atoms with Gasteiger partial charge in [-0.2, -0.15) is 0 Å². The molecule has 0 atom stereocenters. The number of ether oxygens (including phenoxy) is 1. The topological polar surface area (TPSA) is 102 Å². The van der Waals surface area contributed by atoms with Crippen LogP contribution < -0.4 is 21.3 Å². The zero-order chi connectivity index (χ0) is 15.4. The predicted octanol–water partition coefficient (Wildman–Crippen LogP) is 2.77. The summed E-state index contributed by atoms with van der Waals surface area (Å²) in [6.07, 6.45) is 0. The van der Waals surface area contributed by atoms with Gasteiger partial charge in [0, 0.05) is 23.9 Å². The van der Waals surface area contributed by atoms with E-state index in [1.54, 1.807) is 0 Å². The van der Waals surface area contributed by atoms with Crippen LogP contribution in [0.4, 0.5) is 27.1 Å². The van der Waals surface area contributed by atoms with E-state index in [2.05, 4.69) is 10.7 Å². The molecule has 0 bridgehead atoms. The van der Waals surface area contributed by atoms with Gasteiger partial charge in [0.25, 0.3) is 5.69 Å². The van der Waals surface area contributed by atoms with Crippen molar-refractivity contribution in [1.82, 2.24) is 0 Å². The van der Waals surface area contributed by atoms with E-state index in [0.29, 0.717) is 17.1 Å². The molecule has 0 aliphatic heterocycles. The van der Waals surface area contributed by atoms with Crippen LogP contribution in [0.3, 0.4) is 0 Å². The van der Waals surface area contributed by atoms with Gasteiger partial charge in [-0.25, -0.2) is 4.39 Å². The van der Waals surface area contributed by atoms with Gasteiger partial charge in [0.05, 0.1) is 23.4 Å². The van der Waals surface area contributed by atoms with Crippen LogP contribution in [0.2, 0.25) is 0 Å². The number of nitrogen functional groups attached to an aromatic ring is 1. The summed E-state index contributed by atoms with van der Waals surface area (Å²) in [7, 11) is 1.46. The van der Waals surface area contributed by atoms with Gasteiger partial charge in [0.15, 0.2) is 0 Å². The van der Waals surface area contributed by atoms with Gasteiger partial charge in [-0.15, -0.1) is 0 Å². The lowest BCUT2D eigenvalue weighted by molar-refractivity contribution is -0.384. The summed E-state index contributed by atoms with van der Waals surface area (Å²) in [6.45, 7) is 0. The molecule has 7 nitrogen and oxygen atoms in total. The Hall–Kier alpha value is -2.87. The smallest absolute Gasteiger partial charge is 0.273 e. The lowest BCUT2D eigenvalue weighted by Gasteiger charge is -2.10. The maximum atomic E-state index is 13.7. The maximum absolute atomic E-state index is 13.7. The molecule has 0 unspecified atom stereocenters. The second-order valence-electron chi connectivity index (χ2n) is 4.14. The second kappa shape index (κ2) is 6.06. The Bertz CT molecular complexity index is 678. The zero-order valence-corrected chi connectivity index (χ0v) is 11.1. The standard InChI is InChI=1S/C13H13FN4O3/c1-21-11-2-3-12(14)13(7-11)16-8-4-9(17-15)6-10(5-8)18(19)20/h2-7,16-17H,15H2,1H3. The lowest BCUT2D eigenvalue weighted by atomic mass is 10.2. The molecule has 0 aromatic heterocycles. The number of nitrogens with two attached hydrogens (primary N) is 1. The van der Waals surface area contributed by atoms with Gasteiger partial charge in [0.1, 0.15) is 11.6 Å². The maximum Gasteiger partial charge on any atom is 0.273 e. The van der Waals surface area contributed by atoms with Crippen molar-refractivity contribution in [1.29, 1.82) is 0 Å². The summed E-state index contributed by atoms with van der Waals surface area (Å²) in [5, 5.41) is 13.6. The molecule has 2 aromatic carbocycles. The molecule has 0 saturated carbocycles. The van der Waals surface area contributed by atoms with Crippen molar-refractivity contribution in [2.45, 2.75) is 0 Å². The Morgan fingerprint density at radius 1 is 1.24 bits per heavy atom. The second-order valence-corrected chi connectivity index (χ2v) is 4.14. The average molecular weight is 292 g/mol. The number of hydrogen-bond acceptors (Lipinski definition) is 6. The highest BCUT2D eigenvalue weighted by Crippen LogP contribution is 2.29. The quantitative estimate of drug-likeness (QED) is 0.445. The third-order valence-electron chi connectivity index (χ3n) is 2.75. The Kier molecular flexibility index (Phi) is 4.19. The van der Waals surface area contributed by atoms with Crippen molar-refractivity contribution >= 4 is 22.7 Å². The molecule has 0 saturated heterocycles. The molecule has 21 heavy (non-hydrogen) atoms. The first-order valence-corrected chi connectivity index (χ1v) is 5.90. The van der Waals surface area contributed by atoms with Crippen molar-refractivity contribution in [2.75, 3.05) is 17.9 Å². The van der Waals surface area contributed by atoms with Crippen LogP contribution in [0, 0.1) is 15.9 Å². The number of methoxy groups -OCH3 is 1. The molecule has 110 valence electrons. The molecule has 0 amide bonds. The molecule has 0 heterocycles. The molecule has 2 aromatic rings. The fourth-order valence-corrected chi connectivity index (χ4v) is 1.75. The molecule has 2 rings (SSSR count). The summed E-state index contributed by atoms with van der Waals surface area (Å²) >= 11 is 0. The molecule has 0 aliphatic carbocycles. The van der Waals surface area contributed by atoms with Crippen LogP contribution in [0.25, 0.3) is 0 Å². The molecular formula is C13H13FN4O3. The minimum atomic E-state index is -0.562. The van der Waals surface area contributed by atoms with Gasteiger partial charge < -0.3 is 15.5 Å². The van der Waals surface area contributed by atoms with E-state index in [1.165, 1.54) is 43.5 Å². The summed E-state index contributed by atoms with van der Waals surface area (Å²) in [4.78, 5) is 10.3. The highest BCUT2D eigenvalue weighted by molar-refractivity contribution is 5.69. The average Bonchev–Trinajstić information content (AvgIpc) is 2.49.